The Balaban J connectivity index is 2.59. The van der Waals surface area contributed by atoms with E-state index in [4.69, 9.17) is 21.4 Å². The maximum absolute atomic E-state index is 10.5. The molecule has 14 heavy (non-hydrogen) atoms. The van der Waals surface area contributed by atoms with E-state index in [-0.39, 0.29) is 0 Å². The zero-order valence-electron chi connectivity index (χ0n) is 7.68. The van der Waals surface area contributed by atoms with Gasteiger partial charge in [0.1, 0.15) is 0 Å². The predicted molar refractivity (Wildman–Crippen MR) is 53.2 cm³/mol. The van der Waals surface area contributed by atoms with Crippen LogP contribution in [0.25, 0.3) is 0 Å². The SMILES string of the molecule is CC(OC(Cl)c1ccccc1)C(=O)O. The van der Waals surface area contributed by atoms with E-state index in [9.17, 15) is 4.79 Å². The van der Waals surface area contributed by atoms with Crippen molar-refractivity contribution in [3.05, 3.63) is 35.9 Å². The average Bonchev–Trinajstić information content (AvgIpc) is 2.19. The first-order valence-electron chi connectivity index (χ1n) is 4.18. The monoisotopic (exact) mass is 214 g/mol. The first-order valence-corrected chi connectivity index (χ1v) is 4.62. The third-order valence-corrected chi connectivity index (χ3v) is 2.09. The molecule has 2 atom stereocenters. The number of benzene rings is 1. The molecule has 0 spiro atoms. The predicted octanol–water partition coefficient (Wildman–Crippen LogP) is 2.41. The van der Waals surface area contributed by atoms with Gasteiger partial charge in [-0.25, -0.2) is 4.79 Å². The molecule has 1 aromatic rings. The van der Waals surface area contributed by atoms with E-state index in [0.29, 0.717) is 0 Å². The van der Waals surface area contributed by atoms with E-state index in [1.54, 1.807) is 12.1 Å². The van der Waals surface area contributed by atoms with Crippen LogP contribution in [-0.2, 0) is 9.53 Å². The first kappa shape index (κ1) is 11.0. The summed E-state index contributed by atoms with van der Waals surface area (Å²) in [6.07, 6.45) is -0.905. The molecule has 76 valence electrons. The number of alkyl halides is 1. The van der Waals surface area contributed by atoms with Gasteiger partial charge in [0, 0.05) is 0 Å². The third-order valence-electron chi connectivity index (χ3n) is 1.73. The summed E-state index contributed by atoms with van der Waals surface area (Å²) in [6.45, 7) is 1.45. The van der Waals surface area contributed by atoms with Gasteiger partial charge in [-0.1, -0.05) is 41.9 Å². The van der Waals surface area contributed by atoms with Gasteiger partial charge in [-0.3, -0.25) is 0 Å². The number of rotatable bonds is 4. The fourth-order valence-electron chi connectivity index (χ4n) is 0.920. The molecule has 1 N–H and O–H groups in total. The molecule has 1 aromatic carbocycles. The minimum Gasteiger partial charge on any atom is -0.479 e. The Morgan fingerprint density at radius 1 is 1.43 bits per heavy atom. The summed E-state index contributed by atoms with van der Waals surface area (Å²) in [5, 5.41) is 8.59. The topological polar surface area (TPSA) is 46.5 Å². The Bertz CT molecular complexity index is 299. The van der Waals surface area contributed by atoms with Crippen LogP contribution in [0, 0.1) is 0 Å². The molecule has 4 heteroatoms. The molecule has 0 saturated carbocycles. The van der Waals surface area contributed by atoms with Gasteiger partial charge in [0.25, 0.3) is 0 Å². The number of carboxylic acid groups (broad SMARTS) is 1. The fourth-order valence-corrected chi connectivity index (χ4v) is 1.22. The van der Waals surface area contributed by atoms with Crippen molar-refractivity contribution in [3.8, 4) is 0 Å². The van der Waals surface area contributed by atoms with Crippen LogP contribution in [0.15, 0.2) is 30.3 Å². The molecular weight excluding hydrogens is 204 g/mol. The van der Waals surface area contributed by atoms with E-state index < -0.39 is 17.6 Å². The molecule has 1 rings (SSSR count). The second kappa shape index (κ2) is 4.98. The minimum absolute atomic E-state index is 0.720. The van der Waals surface area contributed by atoms with Crippen LogP contribution in [0.3, 0.4) is 0 Å². The molecule has 0 aromatic heterocycles. The van der Waals surface area contributed by atoms with Crippen molar-refractivity contribution in [2.75, 3.05) is 0 Å². The number of aliphatic carboxylic acids is 1. The number of hydrogen-bond donors (Lipinski definition) is 1. The molecule has 0 aliphatic carbocycles. The summed E-state index contributed by atoms with van der Waals surface area (Å²) in [5.74, 6) is -1.02. The Kier molecular flexibility index (Phi) is 3.92. The largest absolute Gasteiger partial charge is 0.479 e. The molecule has 2 unspecified atom stereocenters. The van der Waals surface area contributed by atoms with Gasteiger partial charge in [0.2, 0.25) is 0 Å². The van der Waals surface area contributed by atoms with Gasteiger partial charge in [-0.05, 0) is 12.5 Å². The van der Waals surface area contributed by atoms with Crippen LogP contribution in [-0.4, -0.2) is 17.2 Å². The lowest BCUT2D eigenvalue weighted by molar-refractivity contribution is -0.150. The third kappa shape index (κ3) is 3.01. The lowest BCUT2D eigenvalue weighted by atomic mass is 10.2. The molecular formula is C10H11ClO3. The Hall–Kier alpha value is -1.06. The quantitative estimate of drug-likeness (QED) is 0.783. The molecule has 0 radical (unpaired) electrons. The first-order chi connectivity index (χ1) is 6.61. The molecule has 3 nitrogen and oxygen atoms in total. The number of ether oxygens (including phenoxy) is 1. The average molecular weight is 215 g/mol. The maximum atomic E-state index is 10.5. The van der Waals surface area contributed by atoms with Crippen LogP contribution < -0.4 is 0 Å². The van der Waals surface area contributed by atoms with Gasteiger partial charge < -0.3 is 9.84 Å². The second-order valence-electron chi connectivity index (χ2n) is 2.84. The number of carbonyl (C=O) groups is 1. The van der Waals surface area contributed by atoms with E-state index in [1.165, 1.54) is 6.92 Å². The molecule has 0 saturated heterocycles. The van der Waals surface area contributed by atoms with E-state index in [0.717, 1.165) is 5.56 Å². The summed E-state index contributed by atoms with van der Waals surface area (Å²) < 4.78 is 5.06. The van der Waals surface area contributed by atoms with Crippen molar-refractivity contribution in [3.63, 3.8) is 0 Å². The molecule has 0 heterocycles. The highest BCUT2D eigenvalue weighted by Crippen LogP contribution is 2.22. The van der Waals surface area contributed by atoms with Crippen LogP contribution in [0.4, 0.5) is 0 Å². The Morgan fingerprint density at radius 2 is 2.00 bits per heavy atom. The molecule has 0 fully saturated rings. The van der Waals surface area contributed by atoms with Crippen molar-refractivity contribution in [2.45, 2.75) is 18.6 Å². The number of carboxylic acids is 1. The zero-order valence-corrected chi connectivity index (χ0v) is 8.44. The Morgan fingerprint density at radius 3 is 2.50 bits per heavy atom. The standard InChI is InChI=1S/C10H11ClO3/c1-7(10(12)13)14-9(11)8-5-3-2-4-6-8/h2-7,9H,1H3,(H,12,13). The zero-order chi connectivity index (χ0) is 10.6. The number of halogens is 1. The maximum Gasteiger partial charge on any atom is 0.332 e. The fraction of sp³-hybridized carbons (Fsp3) is 0.300. The van der Waals surface area contributed by atoms with Gasteiger partial charge >= 0.3 is 5.97 Å². The molecule has 0 amide bonds. The van der Waals surface area contributed by atoms with Crippen molar-refractivity contribution in [1.29, 1.82) is 0 Å². The van der Waals surface area contributed by atoms with Crippen LogP contribution in [0.5, 0.6) is 0 Å². The van der Waals surface area contributed by atoms with Crippen molar-refractivity contribution in [2.24, 2.45) is 0 Å². The summed E-state index contributed by atoms with van der Waals surface area (Å²) in [7, 11) is 0. The highest BCUT2D eigenvalue weighted by Gasteiger charge is 2.17. The molecule has 0 aliphatic rings. The Labute approximate surface area is 87.3 Å². The van der Waals surface area contributed by atoms with Gasteiger partial charge in [0.05, 0.1) is 0 Å². The van der Waals surface area contributed by atoms with Crippen LogP contribution in [0.1, 0.15) is 18.1 Å². The van der Waals surface area contributed by atoms with Crippen LogP contribution >= 0.6 is 11.6 Å². The minimum atomic E-state index is -1.02. The second-order valence-corrected chi connectivity index (χ2v) is 3.24. The van der Waals surface area contributed by atoms with Crippen molar-refractivity contribution in [1.82, 2.24) is 0 Å². The smallest absolute Gasteiger partial charge is 0.332 e. The van der Waals surface area contributed by atoms with E-state index in [1.807, 2.05) is 18.2 Å². The van der Waals surface area contributed by atoms with Gasteiger partial charge in [-0.15, -0.1) is 0 Å². The summed E-state index contributed by atoms with van der Waals surface area (Å²) in [5.41, 5.74) is 0.0320. The van der Waals surface area contributed by atoms with E-state index in [2.05, 4.69) is 0 Å². The van der Waals surface area contributed by atoms with Crippen molar-refractivity contribution < 1.29 is 14.6 Å². The highest BCUT2D eigenvalue weighted by atomic mass is 35.5. The normalized spacial score (nSPS) is 14.7. The molecule has 0 bridgehead atoms. The summed E-state index contributed by atoms with van der Waals surface area (Å²) in [4.78, 5) is 10.5. The summed E-state index contributed by atoms with van der Waals surface area (Å²) in [6, 6.07) is 9.06. The number of hydrogen-bond acceptors (Lipinski definition) is 2. The lowest BCUT2D eigenvalue weighted by Crippen LogP contribution is -2.20. The van der Waals surface area contributed by atoms with Gasteiger partial charge in [0.15, 0.2) is 11.7 Å². The van der Waals surface area contributed by atoms with Crippen LogP contribution in [0.2, 0.25) is 0 Å². The molecule has 0 aliphatic heterocycles. The van der Waals surface area contributed by atoms with Gasteiger partial charge in [-0.2, -0.15) is 0 Å². The summed E-state index contributed by atoms with van der Waals surface area (Å²) >= 11 is 5.86. The lowest BCUT2D eigenvalue weighted by Gasteiger charge is -2.14. The van der Waals surface area contributed by atoms with Crippen molar-refractivity contribution >= 4 is 17.6 Å². The highest BCUT2D eigenvalue weighted by molar-refractivity contribution is 6.19. The van der Waals surface area contributed by atoms with E-state index >= 15 is 0 Å².